The lowest BCUT2D eigenvalue weighted by atomic mass is 9.80. The zero-order valence-corrected chi connectivity index (χ0v) is 13.3. The summed E-state index contributed by atoms with van der Waals surface area (Å²) in [7, 11) is -0.576. The van der Waals surface area contributed by atoms with E-state index in [2.05, 4.69) is 10.3 Å². The molecule has 0 atom stereocenters. The molecule has 2 rings (SSSR count). The van der Waals surface area contributed by atoms with E-state index < -0.39 is 31.0 Å². The summed E-state index contributed by atoms with van der Waals surface area (Å²) >= 11 is 0. The maximum atomic E-state index is 12.2. The average molecular weight is 316 g/mol. The van der Waals surface area contributed by atoms with Crippen molar-refractivity contribution >= 4 is 18.4 Å². The van der Waals surface area contributed by atoms with Crippen molar-refractivity contribution in [3.63, 3.8) is 0 Å². The Bertz CT molecular complexity index is 546. The van der Waals surface area contributed by atoms with E-state index in [0.717, 1.165) is 0 Å². The molecule has 0 aromatic carbocycles. The highest BCUT2D eigenvalue weighted by Crippen LogP contribution is 2.36. The van der Waals surface area contributed by atoms with E-state index in [1.54, 1.807) is 13.0 Å². The number of rotatable bonds is 3. The molecular formula is C14H20BF3N2O2. The molecule has 1 aromatic rings. The van der Waals surface area contributed by atoms with Gasteiger partial charge >= 0.3 is 13.3 Å². The van der Waals surface area contributed by atoms with E-state index in [9.17, 15) is 13.2 Å². The zero-order valence-electron chi connectivity index (χ0n) is 13.3. The van der Waals surface area contributed by atoms with Gasteiger partial charge in [-0.05, 0) is 40.2 Å². The van der Waals surface area contributed by atoms with Crippen LogP contribution in [-0.2, 0) is 9.31 Å². The first kappa shape index (κ1) is 17.1. The van der Waals surface area contributed by atoms with Crippen molar-refractivity contribution in [1.29, 1.82) is 0 Å². The first-order chi connectivity index (χ1) is 9.91. The van der Waals surface area contributed by atoms with Gasteiger partial charge in [-0.15, -0.1) is 0 Å². The first-order valence-corrected chi connectivity index (χ1v) is 7.04. The number of nitrogens with zero attached hydrogens (tertiary/aromatic N) is 1. The van der Waals surface area contributed by atoms with Crippen LogP contribution in [0.2, 0.25) is 0 Å². The van der Waals surface area contributed by atoms with Crippen molar-refractivity contribution in [1.82, 2.24) is 4.98 Å². The van der Waals surface area contributed by atoms with E-state index in [-0.39, 0.29) is 5.82 Å². The Labute approximate surface area is 128 Å². The fourth-order valence-corrected chi connectivity index (χ4v) is 2.07. The second-order valence-electron chi connectivity index (χ2n) is 6.49. The molecular weight excluding hydrogens is 296 g/mol. The van der Waals surface area contributed by atoms with Crippen molar-refractivity contribution in [2.24, 2.45) is 0 Å². The molecule has 0 bridgehead atoms. The predicted octanol–water partition coefficient (Wildman–Crippen LogP) is 2.66. The number of aromatic nitrogens is 1. The number of halogens is 3. The highest BCUT2D eigenvalue weighted by Gasteiger charge is 2.51. The predicted molar refractivity (Wildman–Crippen MR) is 79.2 cm³/mol. The van der Waals surface area contributed by atoms with Gasteiger partial charge in [-0.25, -0.2) is 4.98 Å². The topological polar surface area (TPSA) is 43.4 Å². The number of anilines is 1. The van der Waals surface area contributed by atoms with Gasteiger partial charge in [0.25, 0.3) is 0 Å². The minimum Gasteiger partial charge on any atom is -0.399 e. The van der Waals surface area contributed by atoms with Gasteiger partial charge in [0, 0.05) is 11.7 Å². The molecule has 22 heavy (non-hydrogen) atoms. The van der Waals surface area contributed by atoms with Crippen molar-refractivity contribution in [2.45, 2.75) is 52.0 Å². The van der Waals surface area contributed by atoms with Gasteiger partial charge in [0.15, 0.2) is 0 Å². The van der Waals surface area contributed by atoms with Crippen LogP contribution in [0.25, 0.3) is 0 Å². The van der Waals surface area contributed by atoms with Crippen molar-refractivity contribution < 1.29 is 22.5 Å². The molecule has 1 N–H and O–H groups in total. The van der Waals surface area contributed by atoms with Gasteiger partial charge in [-0.1, -0.05) is 6.07 Å². The maximum Gasteiger partial charge on any atom is 0.496 e. The second-order valence-corrected chi connectivity index (χ2v) is 6.49. The van der Waals surface area contributed by atoms with Crippen LogP contribution in [0.15, 0.2) is 12.3 Å². The Morgan fingerprint density at radius 2 is 1.73 bits per heavy atom. The summed E-state index contributed by atoms with van der Waals surface area (Å²) in [6.45, 7) is 8.33. The van der Waals surface area contributed by atoms with Crippen LogP contribution in [0.4, 0.5) is 19.0 Å². The normalized spacial score (nSPS) is 20.3. The Balaban J connectivity index is 2.14. The van der Waals surface area contributed by atoms with E-state index in [4.69, 9.17) is 9.31 Å². The molecule has 1 aromatic heterocycles. The minimum atomic E-state index is -4.28. The third kappa shape index (κ3) is 3.55. The third-order valence-electron chi connectivity index (χ3n) is 4.08. The van der Waals surface area contributed by atoms with Crippen LogP contribution >= 0.6 is 0 Å². The highest BCUT2D eigenvalue weighted by molar-refractivity contribution is 6.62. The summed E-state index contributed by atoms with van der Waals surface area (Å²) in [4.78, 5) is 4.05. The summed E-state index contributed by atoms with van der Waals surface area (Å²) in [5.41, 5.74) is 0.350. The van der Waals surface area contributed by atoms with Crippen LogP contribution in [0.3, 0.4) is 0 Å². The number of aryl methyl sites for hydroxylation is 1. The van der Waals surface area contributed by atoms with Crippen LogP contribution in [0, 0.1) is 6.92 Å². The molecule has 122 valence electrons. The molecule has 8 heteroatoms. The van der Waals surface area contributed by atoms with Crippen molar-refractivity contribution in [3.8, 4) is 0 Å². The maximum absolute atomic E-state index is 12.2. The molecule has 1 fully saturated rings. The van der Waals surface area contributed by atoms with Gasteiger partial charge in [-0.2, -0.15) is 13.2 Å². The molecule has 0 spiro atoms. The highest BCUT2D eigenvalue weighted by atomic mass is 19.4. The van der Waals surface area contributed by atoms with Gasteiger partial charge < -0.3 is 14.6 Å². The molecule has 4 nitrogen and oxygen atoms in total. The number of hydrogen-bond acceptors (Lipinski definition) is 4. The lowest BCUT2D eigenvalue weighted by Crippen LogP contribution is -2.41. The molecule has 0 amide bonds. The average Bonchev–Trinajstić information content (AvgIpc) is 2.56. The standard InChI is InChI=1S/C14H20BF3N2O2/c1-9-6-10(7-19-11(9)20-8-14(16,17)18)15-21-12(2,3)13(4,5)22-15/h6-7H,8H2,1-5H3,(H,19,20). The molecule has 1 aliphatic rings. The lowest BCUT2D eigenvalue weighted by Gasteiger charge is -2.32. The second kappa shape index (κ2) is 5.42. The third-order valence-corrected chi connectivity index (χ3v) is 4.08. The fraction of sp³-hybridized carbons (Fsp3) is 0.643. The van der Waals surface area contributed by atoms with Crippen LogP contribution in [0.1, 0.15) is 33.3 Å². The largest absolute Gasteiger partial charge is 0.496 e. The summed E-state index contributed by atoms with van der Waals surface area (Å²) in [6, 6.07) is 1.73. The summed E-state index contributed by atoms with van der Waals surface area (Å²) in [5.74, 6) is 0.206. The fourth-order valence-electron chi connectivity index (χ4n) is 2.07. The number of pyridine rings is 1. The molecule has 0 saturated carbocycles. The van der Waals surface area contributed by atoms with E-state index in [1.165, 1.54) is 6.20 Å². The van der Waals surface area contributed by atoms with Gasteiger partial charge in [-0.3, -0.25) is 0 Å². The first-order valence-electron chi connectivity index (χ1n) is 7.04. The van der Waals surface area contributed by atoms with Crippen molar-refractivity contribution in [2.75, 3.05) is 11.9 Å². The Morgan fingerprint density at radius 3 is 2.18 bits per heavy atom. The molecule has 0 unspecified atom stereocenters. The van der Waals surface area contributed by atoms with Gasteiger partial charge in [0.1, 0.15) is 12.4 Å². The van der Waals surface area contributed by atoms with E-state index in [0.29, 0.717) is 11.0 Å². The minimum absolute atomic E-state index is 0.206. The molecule has 2 heterocycles. The molecule has 0 radical (unpaired) electrons. The number of hydrogen-bond donors (Lipinski definition) is 1. The summed E-state index contributed by atoms with van der Waals surface area (Å²) in [5, 5.41) is 2.29. The Hall–Kier alpha value is -1.28. The van der Waals surface area contributed by atoms with Gasteiger partial charge in [0.05, 0.1) is 11.2 Å². The lowest BCUT2D eigenvalue weighted by molar-refractivity contribution is -0.115. The van der Waals surface area contributed by atoms with Crippen LogP contribution < -0.4 is 10.8 Å². The smallest absolute Gasteiger partial charge is 0.399 e. The van der Waals surface area contributed by atoms with Crippen LogP contribution in [0.5, 0.6) is 0 Å². The summed E-state index contributed by atoms with van der Waals surface area (Å²) < 4.78 is 48.5. The molecule has 1 saturated heterocycles. The number of alkyl halides is 3. The SMILES string of the molecule is Cc1cc(B2OC(C)(C)C(C)(C)O2)cnc1NCC(F)(F)F. The quantitative estimate of drug-likeness (QED) is 0.871. The number of nitrogens with one attached hydrogen (secondary N) is 1. The molecule has 1 aliphatic heterocycles. The van der Waals surface area contributed by atoms with Crippen LogP contribution in [-0.4, -0.2) is 36.0 Å². The zero-order chi connectivity index (χ0) is 16.8. The van der Waals surface area contributed by atoms with E-state index in [1.807, 2.05) is 27.7 Å². The monoisotopic (exact) mass is 316 g/mol. The molecule has 0 aliphatic carbocycles. The van der Waals surface area contributed by atoms with Crippen molar-refractivity contribution in [3.05, 3.63) is 17.8 Å². The van der Waals surface area contributed by atoms with Gasteiger partial charge in [0.2, 0.25) is 0 Å². The summed E-state index contributed by atoms with van der Waals surface area (Å²) in [6.07, 6.45) is -2.80. The van der Waals surface area contributed by atoms with E-state index >= 15 is 0 Å². The Kier molecular flexibility index (Phi) is 4.21. The Morgan fingerprint density at radius 1 is 1.18 bits per heavy atom.